The number of aromatic amines is 1. The van der Waals surface area contributed by atoms with Crippen LogP contribution in [0.4, 0.5) is 0 Å². The van der Waals surface area contributed by atoms with Crippen molar-refractivity contribution in [1.82, 2.24) is 9.97 Å². The van der Waals surface area contributed by atoms with Crippen LogP contribution in [0.1, 0.15) is 5.82 Å². The summed E-state index contributed by atoms with van der Waals surface area (Å²) in [5.74, 6) is 0.255. The van der Waals surface area contributed by atoms with Gasteiger partial charge < -0.3 is 14.1 Å². The summed E-state index contributed by atoms with van der Waals surface area (Å²) in [6.45, 7) is 0. The Balaban J connectivity index is 1.96. The fourth-order valence-electron chi connectivity index (χ4n) is 1.98. The van der Waals surface area contributed by atoms with Crippen LogP contribution < -0.4 is 0 Å². The van der Waals surface area contributed by atoms with E-state index in [1.165, 1.54) is 7.11 Å². The zero-order chi connectivity index (χ0) is 13.2. The van der Waals surface area contributed by atoms with Gasteiger partial charge in [0.25, 0.3) is 0 Å². The predicted octanol–water partition coefficient (Wildman–Crippen LogP) is 2.54. The molecule has 1 aromatic carbocycles. The number of rotatable bonds is 3. The molecule has 0 atom stereocenters. The molecule has 5 nitrogen and oxygen atoms in total. The zero-order valence-corrected chi connectivity index (χ0v) is 10.3. The van der Waals surface area contributed by atoms with Crippen LogP contribution in [0.25, 0.3) is 22.2 Å². The third-order valence-corrected chi connectivity index (χ3v) is 2.94. The van der Waals surface area contributed by atoms with Gasteiger partial charge in [0.05, 0.1) is 19.0 Å². The lowest BCUT2D eigenvalue weighted by molar-refractivity contribution is -0.139. The molecule has 1 N–H and O–H groups in total. The number of H-pyrrole nitrogens is 1. The van der Waals surface area contributed by atoms with Gasteiger partial charge in [-0.15, -0.1) is 0 Å². The number of para-hydroxylation sites is 1. The van der Waals surface area contributed by atoms with Crippen molar-refractivity contribution in [2.45, 2.75) is 6.42 Å². The second kappa shape index (κ2) is 4.61. The second-order valence-corrected chi connectivity index (χ2v) is 4.14. The molecule has 0 aliphatic rings. The number of imidazole rings is 1. The largest absolute Gasteiger partial charge is 0.469 e. The number of benzene rings is 1. The van der Waals surface area contributed by atoms with E-state index in [9.17, 15) is 4.79 Å². The summed E-state index contributed by atoms with van der Waals surface area (Å²) in [4.78, 5) is 18.5. The number of carbonyl (C=O) groups excluding carboxylic acids is 1. The minimum atomic E-state index is -0.321. The van der Waals surface area contributed by atoms with Gasteiger partial charge in [0.15, 0.2) is 0 Å². The number of esters is 1. The van der Waals surface area contributed by atoms with Crippen LogP contribution in [0, 0.1) is 0 Å². The van der Waals surface area contributed by atoms with E-state index in [2.05, 4.69) is 14.7 Å². The Morgan fingerprint density at radius 1 is 1.42 bits per heavy atom. The summed E-state index contributed by atoms with van der Waals surface area (Å²) in [5.41, 5.74) is 2.57. The molecule has 2 aromatic heterocycles. The van der Waals surface area contributed by atoms with E-state index in [4.69, 9.17) is 4.42 Å². The molecule has 5 heteroatoms. The van der Waals surface area contributed by atoms with Gasteiger partial charge in [-0.05, 0) is 6.07 Å². The number of aromatic nitrogens is 2. The first-order valence-corrected chi connectivity index (χ1v) is 5.85. The zero-order valence-electron chi connectivity index (χ0n) is 10.3. The monoisotopic (exact) mass is 256 g/mol. The van der Waals surface area contributed by atoms with Gasteiger partial charge in [0.1, 0.15) is 24.1 Å². The first kappa shape index (κ1) is 11.5. The molecule has 0 radical (unpaired) electrons. The molecule has 0 bridgehead atoms. The van der Waals surface area contributed by atoms with Gasteiger partial charge >= 0.3 is 5.97 Å². The van der Waals surface area contributed by atoms with Crippen LogP contribution in [0.15, 0.2) is 41.1 Å². The van der Waals surface area contributed by atoms with Crippen molar-refractivity contribution in [3.63, 3.8) is 0 Å². The van der Waals surface area contributed by atoms with Crippen molar-refractivity contribution in [2.75, 3.05) is 7.11 Å². The molecular formula is C14H12N2O3. The van der Waals surface area contributed by atoms with Crippen LogP contribution in [-0.2, 0) is 16.0 Å². The molecule has 0 saturated carbocycles. The predicted molar refractivity (Wildman–Crippen MR) is 69.5 cm³/mol. The summed E-state index contributed by atoms with van der Waals surface area (Å²) >= 11 is 0. The van der Waals surface area contributed by atoms with Crippen molar-refractivity contribution in [3.05, 3.63) is 42.5 Å². The number of carbonyl (C=O) groups is 1. The van der Waals surface area contributed by atoms with Gasteiger partial charge in [-0.3, -0.25) is 4.79 Å². The van der Waals surface area contributed by atoms with E-state index in [0.717, 1.165) is 22.2 Å². The van der Waals surface area contributed by atoms with Crippen molar-refractivity contribution in [3.8, 4) is 11.3 Å². The lowest BCUT2D eigenvalue weighted by Gasteiger charge is -1.95. The maximum absolute atomic E-state index is 11.2. The Labute approximate surface area is 109 Å². The minimum absolute atomic E-state index is 0.131. The van der Waals surface area contributed by atoms with Crippen LogP contribution >= 0.6 is 0 Å². The topological polar surface area (TPSA) is 68.1 Å². The second-order valence-electron chi connectivity index (χ2n) is 4.14. The SMILES string of the molecule is COC(=O)Cc1ncc(-c2coc3ccccc23)[nH]1. The molecule has 3 aromatic rings. The first-order valence-electron chi connectivity index (χ1n) is 5.85. The summed E-state index contributed by atoms with van der Waals surface area (Å²) in [6.07, 6.45) is 3.50. The molecule has 3 rings (SSSR count). The molecular weight excluding hydrogens is 244 g/mol. The quantitative estimate of drug-likeness (QED) is 0.731. The van der Waals surface area contributed by atoms with Crippen molar-refractivity contribution >= 4 is 16.9 Å². The normalized spacial score (nSPS) is 10.8. The standard InChI is InChI=1S/C14H12N2O3/c1-18-14(17)6-13-15-7-11(16-13)10-8-19-12-5-3-2-4-9(10)12/h2-5,7-8H,6H2,1H3,(H,15,16). The number of hydrogen-bond donors (Lipinski definition) is 1. The highest BCUT2D eigenvalue weighted by atomic mass is 16.5. The Morgan fingerprint density at radius 3 is 3.11 bits per heavy atom. The van der Waals surface area contributed by atoms with E-state index in [1.54, 1.807) is 12.5 Å². The minimum Gasteiger partial charge on any atom is -0.469 e. The molecule has 0 fully saturated rings. The molecule has 0 aliphatic carbocycles. The average molecular weight is 256 g/mol. The van der Waals surface area contributed by atoms with Crippen LogP contribution in [-0.4, -0.2) is 23.0 Å². The Hall–Kier alpha value is -2.56. The number of fused-ring (bicyclic) bond motifs is 1. The molecule has 96 valence electrons. The van der Waals surface area contributed by atoms with Gasteiger partial charge in [0.2, 0.25) is 0 Å². The lowest BCUT2D eigenvalue weighted by Crippen LogP contribution is -2.05. The third kappa shape index (κ3) is 2.10. The molecule has 2 heterocycles. The number of methoxy groups -OCH3 is 1. The van der Waals surface area contributed by atoms with Gasteiger partial charge in [-0.1, -0.05) is 18.2 Å². The molecule has 0 amide bonds. The Morgan fingerprint density at radius 2 is 2.26 bits per heavy atom. The van der Waals surface area contributed by atoms with Crippen molar-refractivity contribution in [1.29, 1.82) is 0 Å². The van der Waals surface area contributed by atoms with Crippen molar-refractivity contribution < 1.29 is 13.9 Å². The van der Waals surface area contributed by atoms with Crippen molar-refractivity contribution in [2.24, 2.45) is 0 Å². The first-order chi connectivity index (χ1) is 9.28. The number of nitrogens with zero attached hydrogens (tertiary/aromatic N) is 1. The fourth-order valence-corrected chi connectivity index (χ4v) is 1.98. The van der Waals surface area contributed by atoms with Crippen LogP contribution in [0.5, 0.6) is 0 Å². The summed E-state index contributed by atoms with van der Waals surface area (Å²) in [7, 11) is 1.36. The average Bonchev–Trinajstić information content (AvgIpc) is 3.04. The van der Waals surface area contributed by atoms with E-state index in [-0.39, 0.29) is 12.4 Å². The highest BCUT2D eigenvalue weighted by molar-refractivity contribution is 5.92. The molecule has 0 unspecified atom stereocenters. The van der Waals surface area contributed by atoms with E-state index < -0.39 is 0 Å². The molecule has 0 saturated heterocycles. The third-order valence-electron chi connectivity index (χ3n) is 2.94. The highest BCUT2D eigenvalue weighted by Crippen LogP contribution is 2.29. The number of ether oxygens (including phenoxy) is 1. The fraction of sp³-hybridized carbons (Fsp3) is 0.143. The summed E-state index contributed by atoms with van der Waals surface area (Å²) < 4.78 is 10.1. The maximum atomic E-state index is 11.2. The van der Waals surface area contributed by atoms with Crippen LogP contribution in [0.3, 0.4) is 0 Å². The molecule has 0 aliphatic heterocycles. The lowest BCUT2D eigenvalue weighted by atomic mass is 10.1. The Bertz CT molecular complexity index is 727. The van der Waals surface area contributed by atoms with Gasteiger partial charge in [-0.2, -0.15) is 0 Å². The van der Waals surface area contributed by atoms with Gasteiger partial charge in [-0.25, -0.2) is 4.98 Å². The van der Waals surface area contributed by atoms with E-state index in [1.807, 2.05) is 24.3 Å². The summed E-state index contributed by atoms with van der Waals surface area (Å²) in [6, 6.07) is 7.76. The molecule has 0 spiro atoms. The Kier molecular flexibility index (Phi) is 2.79. The van der Waals surface area contributed by atoms with Gasteiger partial charge in [0, 0.05) is 10.9 Å². The molecule has 19 heavy (non-hydrogen) atoms. The number of hydrogen-bond acceptors (Lipinski definition) is 4. The number of furan rings is 1. The van der Waals surface area contributed by atoms with Crippen LogP contribution in [0.2, 0.25) is 0 Å². The smallest absolute Gasteiger partial charge is 0.313 e. The highest BCUT2D eigenvalue weighted by Gasteiger charge is 2.12. The summed E-state index contributed by atoms with van der Waals surface area (Å²) in [5, 5.41) is 1.01. The number of nitrogens with one attached hydrogen (secondary N) is 1. The van der Waals surface area contributed by atoms with E-state index >= 15 is 0 Å². The van der Waals surface area contributed by atoms with E-state index in [0.29, 0.717) is 5.82 Å². The maximum Gasteiger partial charge on any atom is 0.313 e.